The maximum atomic E-state index is 12.6. The lowest BCUT2D eigenvalue weighted by molar-refractivity contribution is -0.143. The molecule has 0 aliphatic carbocycles. The Hall–Kier alpha value is -1.69. The Morgan fingerprint density at radius 2 is 2.08 bits per heavy atom. The van der Waals surface area contributed by atoms with E-state index in [1.54, 1.807) is 4.90 Å². The summed E-state index contributed by atoms with van der Waals surface area (Å²) in [6.07, 6.45) is 0.625. The van der Waals surface area contributed by atoms with Crippen molar-refractivity contribution in [3.63, 3.8) is 0 Å². The first kappa shape index (κ1) is 19.6. The van der Waals surface area contributed by atoms with E-state index in [0.29, 0.717) is 18.2 Å². The topological polar surface area (TPSA) is 69.6 Å². The number of piperidine rings is 1. The van der Waals surface area contributed by atoms with Crippen LogP contribution in [0.3, 0.4) is 0 Å². The molecule has 0 radical (unpaired) electrons. The number of nitrogens with one attached hydrogen (secondary N) is 1. The number of nitrogens with zero attached hydrogens (tertiary/aromatic N) is 1. The van der Waals surface area contributed by atoms with Gasteiger partial charge in [0.15, 0.2) is 0 Å². The molecular formula is C19H28N2O3S. The van der Waals surface area contributed by atoms with E-state index in [-0.39, 0.29) is 18.5 Å². The first-order valence-corrected chi connectivity index (χ1v) is 9.81. The molecule has 5 nitrogen and oxygen atoms in total. The molecule has 1 aliphatic rings. The fraction of sp³-hybridized carbons (Fsp3) is 0.579. The third-order valence-electron chi connectivity index (χ3n) is 4.56. The molecule has 2 atom stereocenters. The first-order valence-electron chi connectivity index (χ1n) is 8.76. The van der Waals surface area contributed by atoms with E-state index in [9.17, 15) is 14.7 Å². The lowest BCUT2D eigenvalue weighted by Gasteiger charge is -2.34. The number of thioether (sulfide) groups is 1. The number of hydrogen-bond acceptors (Lipinski definition) is 3. The lowest BCUT2D eigenvalue weighted by Crippen LogP contribution is -2.47. The third kappa shape index (κ3) is 5.39. The number of anilines is 1. The number of likely N-dealkylation sites (tertiary alicyclic amines) is 1. The standard InChI is InChI=1S/C19H28N2O3S/c1-12(2)25-11-15-6-5-7-17(14(15)4)20-19(24)21-9-13(3)8-16(10-21)18(22)23/h5-7,12-13,16H,8-11H2,1-4H3,(H,20,24)(H,22,23). The second-order valence-corrected chi connectivity index (χ2v) is 8.73. The predicted octanol–water partition coefficient (Wildman–Crippen LogP) is 4.21. The van der Waals surface area contributed by atoms with Crippen molar-refractivity contribution in [1.82, 2.24) is 4.90 Å². The number of rotatable bonds is 5. The van der Waals surface area contributed by atoms with Crippen LogP contribution in [-0.2, 0) is 10.5 Å². The summed E-state index contributed by atoms with van der Waals surface area (Å²) in [6, 6.07) is 5.73. The van der Waals surface area contributed by atoms with Crippen LogP contribution >= 0.6 is 11.8 Å². The fourth-order valence-corrected chi connectivity index (χ4v) is 3.95. The smallest absolute Gasteiger partial charge is 0.321 e. The molecule has 1 aromatic carbocycles. The molecule has 1 heterocycles. The summed E-state index contributed by atoms with van der Waals surface area (Å²) < 4.78 is 0. The number of carbonyl (C=O) groups is 2. The molecule has 1 aromatic rings. The van der Waals surface area contributed by atoms with Gasteiger partial charge in [-0.15, -0.1) is 0 Å². The van der Waals surface area contributed by atoms with Gasteiger partial charge in [-0.05, 0) is 41.7 Å². The van der Waals surface area contributed by atoms with Crippen molar-refractivity contribution in [2.24, 2.45) is 11.8 Å². The van der Waals surface area contributed by atoms with Crippen LogP contribution in [-0.4, -0.2) is 40.3 Å². The molecule has 2 amide bonds. The van der Waals surface area contributed by atoms with E-state index in [4.69, 9.17) is 0 Å². The van der Waals surface area contributed by atoms with Crippen molar-refractivity contribution in [3.05, 3.63) is 29.3 Å². The van der Waals surface area contributed by atoms with Crippen molar-refractivity contribution >= 4 is 29.4 Å². The normalized spacial score (nSPS) is 20.6. The van der Waals surface area contributed by atoms with Crippen LogP contribution in [0.25, 0.3) is 0 Å². The SMILES string of the molecule is Cc1c(CSC(C)C)cccc1NC(=O)N1CC(C)CC(C(=O)O)C1. The maximum Gasteiger partial charge on any atom is 0.321 e. The van der Waals surface area contributed by atoms with Crippen molar-refractivity contribution < 1.29 is 14.7 Å². The number of benzene rings is 1. The highest BCUT2D eigenvalue weighted by atomic mass is 32.2. The number of aliphatic carboxylic acids is 1. The minimum atomic E-state index is -0.826. The van der Waals surface area contributed by atoms with Gasteiger partial charge in [0.1, 0.15) is 0 Å². The van der Waals surface area contributed by atoms with Gasteiger partial charge in [0.25, 0.3) is 0 Å². The average Bonchev–Trinajstić information content (AvgIpc) is 2.54. The van der Waals surface area contributed by atoms with Crippen LogP contribution in [0.1, 0.15) is 38.3 Å². The van der Waals surface area contributed by atoms with Gasteiger partial charge in [0.2, 0.25) is 0 Å². The van der Waals surface area contributed by atoms with Crippen molar-refractivity contribution in [3.8, 4) is 0 Å². The maximum absolute atomic E-state index is 12.6. The van der Waals surface area contributed by atoms with Crippen molar-refractivity contribution in [1.29, 1.82) is 0 Å². The molecule has 0 saturated carbocycles. The molecule has 0 aromatic heterocycles. The number of carbonyl (C=O) groups excluding carboxylic acids is 1. The van der Waals surface area contributed by atoms with Crippen molar-refractivity contribution in [2.75, 3.05) is 18.4 Å². The van der Waals surface area contributed by atoms with Gasteiger partial charge in [0, 0.05) is 24.5 Å². The summed E-state index contributed by atoms with van der Waals surface area (Å²) in [4.78, 5) is 25.5. The van der Waals surface area contributed by atoms with Gasteiger partial charge >= 0.3 is 12.0 Å². The molecule has 25 heavy (non-hydrogen) atoms. The number of carboxylic acids is 1. The van der Waals surface area contributed by atoms with Gasteiger partial charge in [-0.25, -0.2) is 4.79 Å². The fourth-order valence-electron chi connectivity index (χ4n) is 3.12. The third-order valence-corrected chi connectivity index (χ3v) is 5.70. The highest BCUT2D eigenvalue weighted by Crippen LogP contribution is 2.26. The van der Waals surface area contributed by atoms with Gasteiger partial charge in [-0.2, -0.15) is 11.8 Å². The number of carboxylic acid groups (broad SMARTS) is 1. The molecule has 0 spiro atoms. The summed E-state index contributed by atoms with van der Waals surface area (Å²) in [6.45, 7) is 9.21. The van der Waals surface area contributed by atoms with Gasteiger partial charge in [-0.3, -0.25) is 4.79 Å². The molecule has 0 bridgehead atoms. The zero-order valence-corrected chi connectivity index (χ0v) is 16.2. The van der Waals surface area contributed by atoms with Crippen molar-refractivity contribution in [2.45, 2.75) is 45.1 Å². The van der Waals surface area contributed by atoms with E-state index in [1.165, 1.54) is 5.56 Å². The molecule has 1 fully saturated rings. The number of amides is 2. The monoisotopic (exact) mass is 364 g/mol. The summed E-state index contributed by atoms with van der Waals surface area (Å²) in [7, 11) is 0. The van der Waals surface area contributed by atoms with E-state index < -0.39 is 11.9 Å². The summed E-state index contributed by atoms with van der Waals surface area (Å²) >= 11 is 1.87. The van der Waals surface area contributed by atoms with Crippen LogP contribution in [0.4, 0.5) is 10.5 Å². The Morgan fingerprint density at radius 3 is 2.72 bits per heavy atom. The first-order chi connectivity index (χ1) is 11.8. The van der Waals surface area contributed by atoms with Crippen LogP contribution < -0.4 is 5.32 Å². The van der Waals surface area contributed by atoms with Crippen LogP contribution in [0.15, 0.2) is 18.2 Å². The Bertz CT molecular complexity index is 633. The predicted molar refractivity (Wildman–Crippen MR) is 103 cm³/mol. The summed E-state index contributed by atoms with van der Waals surface area (Å²) in [5, 5.41) is 12.8. The molecule has 2 rings (SSSR count). The zero-order valence-electron chi connectivity index (χ0n) is 15.4. The molecular weight excluding hydrogens is 336 g/mol. The highest BCUT2D eigenvalue weighted by molar-refractivity contribution is 7.99. The number of hydrogen-bond donors (Lipinski definition) is 2. The van der Waals surface area contributed by atoms with Gasteiger partial charge in [0.05, 0.1) is 5.92 Å². The highest BCUT2D eigenvalue weighted by Gasteiger charge is 2.32. The van der Waals surface area contributed by atoms with E-state index in [2.05, 4.69) is 25.2 Å². The molecule has 1 saturated heterocycles. The Labute approximate surface area is 154 Å². The Kier molecular flexibility index (Phi) is 6.76. The molecule has 138 valence electrons. The van der Waals surface area contributed by atoms with Crippen LogP contribution in [0.2, 0.25) is 0 Å². The Morgan fingerprint density at radius 1 is 1.36 bits per heavy atom. The van der Waals surface area contributed by atoms with Crippen LogP contribution in [0.5, 0.6) is 0 Å². The van der Waals surface area contributed by atoms with E-state index in [1.807, 2.05) is 37.7 Å². The van der Waals surface area contributed by atoms with E-state index >= 15 is 0 Å². The van der Waals surface area contributed by atoms with Crippen LogP contribution in [0, 0.1) is 18.8 Å². The molecule has 2 unspecified atom stereocenters. The van der Waals surface area contributed by atoms with E-state index in [0.717, 1.165) is 17.0 Å². The molecule has 1 aliphatic heterocycles. The molecule has 2 N–H and O–H groups in total. The zero-order chi connectivity index (χ0) is 18.6. The average molecular weight is 365 g/mol. The second-order valence-electron chi connectivity index (χ2n) is 7.16. The number of urea groups is 1. The lowest BCUT2D eigenvalue weighted by atomic mass is 9.91. The summed E-state index contributed by atoms with van der Waals surface area (Å²) in [5.41, 5.74) is 3.09. The second kappa shape index (κ2) is 8.61. The van der Waals surface area contributed by atoms with Gasteiger partial charge < -0.3 is 15.3 Å². The molecule has 6 heteroatoms. The largest absolute Gasteiger partial charge is 0.481 e. The quantitative estimate of drug-likeness (QED) is 0.821. The minimum absolute atomic E-state index is 0.190. The summed E-state index contributed by atoms with van der Waals surface area (Å²) in [5.74, 6) is -0.206. The minimum Gasteiger partial charge on any atom is -0.481 e. The van der Waals surface area contributed by atoms with Gasteiger partial charge in [-0.1, -0.05) is 32.9 Å². The Balaban J connectivity index is 2.07.